The molecule has 2 rings (SSSR count). The molecule has 1 amide bonds. The Balaban J connectivity index is 1.73. The molecule has 0 atom stereocenters. The Morgan fingerprint density at radius 3 is 2.71 bits per heavy atom. The Morgan fingerprint density at radius 2 is 2.04 bits per heavy atom. The zero-order valence-corrected chi connectivity index (χ0v) is 15.1. The molecule has 0 saturated heterocycles. The van der Waals surface area contributed by atoms with Gasteiger partial charge in [-0.15, -0.1) is 0 Å². The summed E-state index contributed by atoms with van der Waals surface area (Å²) in [7, 11) is 0. The van der Waals surface area contributed by atoms with Gasteiger partial charge in [0.2, 0.25) is 0 Å². The van der Waals surface area contributed by atoms with Crippen molar-refractivity contribution in [2.75, 3.05) is 18.5 Å². The first kappa shape index (κ1) is 21.4. The van der Waals surface area contributed by atoms with Crippen LogP contribution in [0.4, 0.5) is 23.4 Å². The summed E-state index contributed by atoms with van der Waals surface area (Å²) in [6.45, 7) is 3.45. The lowest BCUT2D eigenvalue weighted by Gasteiger charge is -2.12. The molecular weight excluding hydrogens is 404 g/mol. The Kier molecular flexibility index (Phi) is 7.16. The molecule has 2 N–H and O–H groups in total. The summed E-state index contributed by atoms with van der Waals surface area (Å²) in [5, 5.41) is 5.06. The third-order valence-corrected chi connectivity index (χ3v) is 3.55. The summed E-state index contributed by atoms with van der Waals surface area (Å²) in [5.41, 5.74) is -0.802. The summed E-state index contributed by atoms with van der Waals surface area (Å²) in [6, 6.07) is 3.77. The highest BCUT2D eigenvalue weighted by atomic mass is 35.5. The second-order valence-electron chi connectivity index (χ2n) is 5.48. The maximum absolute atomic E-state index is 13.3. The van der Waals surface area contributed by atoms with E-state index in [0.717, 1.165) is 12.3 Å². The van der Waals surface area contributed by atoms with E-state index in [4.69, 9.17) is 16.3 Å². The molecule has 0 spiro atoms. The summed E-state index contributed by atoms with van der Waals surface area (Å²) >= 11 is 5.54. The monoisotopic (exact) mass is 418 g/mol. The van der Waals surface area contributed by atoms with Gasteiger partial charge >= 0.3 is 6.18 Å². The van der Waals surface area contributed by atoms with Crippen molar-refractivity contribution in [2.45, 2.75) is 12.6 Å². The van der Waals surface area contributed by atoms with Crippen LogP contribution in [0.1, 0.15) is 12.1 Å². The maximum atomic E-state index is 13.3. The molecule has 1 heterocycles. The zero-order valence-electron chi connectivity index (χ0n) is 14.3. The van der Waals surface area contributed by atoms with Gasteiger partial charge in [0.05, 0.1) is 17.4 Å². The second kappa shape index (κ2) is 9.36. The van der Waals surface area contributed by atoms with E-state index in [1.807, 2.05) is 0 Å². The highest BCUT2D eigenvalue weighted by Crippen LogP contribution is 2.27. The molecule has 0 radical (unpaired) electrons. The number of nitrogens with one attached hydrogen (secondary N) is 2. The number of rotatable bonds is 8. The molecule has 0 aliphatic rings. The minimum atomic E-state index is -4.60. The Bertz CT molecular complexity index is 861. The molecule has 0 aliphatic carbocycles. The number of hydrogen-bond donors (Lipinski definition) is 2. The van der Waals surface area contributed by atoms with Gasteiger partial charge in [-0.05, 0) is 12.1 Å². The van der Waals surface area contributed by atoms with Crippen molar-refractivity contribution in [3.8, 4) is 5.75 Å². The lowest BCUT2D eigenvalue weighted by atomic mass is 10.3. The van der Waals surface area contributed by atoms with Crippen molar-refractivity contribution in [1.82, 2.24) is 15.3 Å². The molecule has 0 fully saturated rings. The van der Waals surface area contributed by atoms with Gasteiger partial charge in [0.1, 0.15) is 17.4 Å². The van der Waals surface area contributed by atoms with Gasteiger partial charge in [0.15, 0.2) is 12.3 Å². The SMILES string of the molecule is C=C(CCNC(=O)COc1ccc(Cl)c(F)c1)Nc1cncc(C(F)(F)F)n1. The van der Waals surface area contributed by atoms with E-state index in [1.54, 1.807) is 0 Å². The van der Waals surface area contributed by atoms with Crippen molar-refractivity contribution in [3.63, 3.8) is 0 Å². The average molecular weight is 419 g/mol. The van der Waals surface area contributed by atoms with Gasteiger partial charge in [-0.3, -0.25) is 9.78 Å². The standard InChI is InChI=1S/C17H15ClF4N4O2/c1-10(25-15-8-23-7-14(26-15)17(20,21)22)4-5-24-16(27)9-28-11-2-3-12(18)13(19)6-11/h2-3,6-8H,1,4-5,9H2,(H,24,27)(H,25,26). The number of alkyl halides is 3. The summed E-state index contributed by atoms with van der Waals surface area (Å²) < 4.78 is 56.2. The Morgan fingerprint density at radius 1 is 1.29 bits per heavy atom. The minimum Gasteiger partial charge on any atom is -0.484 e. The molecule has 11 heteroatoms. The number of carbonyl (C=O) groups is 1. The number of nitrogens with zero attached hydrogens (tertiary/aromatic N) is 2. The molecule has 1 aromatic heterocycles. The van der Waals surface area contributed by atoms with Crippen LogP contribution >= 0.6 is 11.6 Å². The molecule has 150 valence electrons. The van der Waals surface area contributed by atoms with Crippen molar-refractivity contribution in [1.29, 1.82) is 0 Å². The molecule has 1 aromatic carbocycles. The molecule has 0 bridgehead atoms. The predicted octanol–water partition coefficient (Wildman–Crippen LogP) is 3.80. The van der Waals surface area contributed by atoms with Gasteiger partial charge in [-0.2, -0.15) is 13.2 Å². The van der Waals surface area contributed by atoms with Crippen LogP contribution in [-0.4, -0.2) is 29.0 Å². The largest absolute Gasteiger partial charge is 0.484 e. The number of aromatic nitrogens is 2. The van der Waals surface area contributed by atoms with Gasteiger partial charge in [0, 0.05) is 24.7 Å². The highest BCUT2D eigenvalue weighted by molar-refractivity contribution is 6.30. The average Bonchev–Trinajstić information content (AvgIpc) is 2.62. The first-order valence-electron chi connectivity index (χ1n) is 7.84. The van der Waals surface area contributed by atoms with Crippen LogP contribution in [0, 0.1) is 5.82 Å². The molecule has 2 aromatic rings. The lowest BCUT2D eigenvalue weighted by molar-refractivity contribution is -0.141. The molecule has 0 aliphatic heterocycles. The quantitative estimate of drug-likeness (QED) is 0.638. The van der Waals surface area contributed by atoms with E-state index < -0.39 is 23.6 Å². The van der Waals surface area contributed by atoms with Gasteiger partial charge in [0.25, 0.3) is 5.91 Å². The minimum absolute atomic E-state index is 0.0618. The van der Waals surface area contributed by atoms with Gasteiger partial charge < -0.3 is 15.4 Å². The van der Waals surface area contributed by atoms with Crippen LogP contribution in [0.2, 0.25) is 5.02 Å². The normalized spacial score (nSPS) is 11.0. The summed E-state index contributed by atoms with van der Waals surface area (Å²) in [6.07, 6.45) is -2.65. The highest BCUT2D eigenvalue weighted by Gasteiger charge is 2.33. The fourth-order valence-corrected chi connectivity index (χ4v) is 2.04. The van der Waals surface area contributed by atoms with Crippen LogP contribution in [-0.2, 0) is 11.0 Å². The fourth-order valence-electron chi connectivity index (χ4n) is 1.93. The van der Waals surface area contributed by atoms with Crippen molar-refractivity contribution < 1.29 is 27.1 Å². The Hall–Kier alpha value is -2.88. The number of halogens is 5. The maximum Gasteiger partial charge on any atom is 0.434 e. The van der Waals surface area contributed by atoms with E-state index in [1.165, 1.54) is 12.1 Å². The third-order valence-electron chi connectivity index (χ3n) is 3.24. The van der Waals surface area contributed by atoms with Gasteiger partial charge in [-0.25, -0.2) is 9.37 Å². The predicted molar refractivity (Wildman–Crippen MR) is 94.3 cm³/mol. The zero-order chi connectivity index (χ0) is 20.7. The van der Waals surface area contributed by atoms with Crippen LogP contribution in [0.15, 0.2) is 42.9 Å². The van der Waals surface area contributed by atoms with Crippen LogP contribution in [0.25, 0.3) is 0 Å². The third kappa shape index (κ3) is 6.69. The van der Waals surface area contributed by atoms with E-state index >= 15 is 0 Å². The van der Waals surface area contributed by atoms with E-state index in [-0.39, 0.29) is 36.2 Å². The first-order chi connectivity index (χ1) is 13.1. The molecule has 0 saturated carbocycles. The molecule has 6 nitrogen and oxygen atoms in total. The van der Waals surface area contributed by atoms with E-state index in [9.17, 15) is 22.4 Å². The molecule has 0 unspecified atom stereocenters. The van der Waals surface area contributed by atoms with Gasteiger partial charge in [-0.1, -0.05) is 18.2 Å². The fraction of sp³-hybridized carbons (Fsp3) is 0.235. The lowest BCUT2D eigenvalue weighted by Crippen LogP contribution is -2.30. The van der Waals surface area contributed by atoms with Crippen LogP contribution in [0.3, 0.4) is 0 Å². The number of ether oxygens (including phenoxy) is 1. The van der Waals surface area contributed by atoms with Crippen LogP contribution in [0.5, 0.6) is 5.75 Å². The number of carbonyl (C=O) groups excluding carboxylic acids is 1. The van der Waals surface area contributed by atoms with Crippen molar-refractivity contribution >= 4 is 23.3 Å². The van der Waals surface area contributed by atoms with Crippen LogP contribution < -0.4 is 15.4 Å². The summed E-state index contributed by atoms with van der Waals surface area (Å²) in [5.74, 6) is -1.10. The number of benzene rings is 1. The number of hydrogen-bond acceptors (Lipinski definition) is 5. The topological polar surface area (TPSA) is 76.1 Å². The second-order valence-corrected chi connectivity index (χ2v) is 5.89. The summed E-state index contributed by atoms with van der Waals surface area (Å²) in [4.78, 5) is 18.6. The molecular formula is C17H15ClF4N4O2. The Labute approximate surface area is 162 Å². The molecule has 28 heavy (non-hydrogen) atoms. The van der Waals surface area contributed by atoms with Crippen molar-refractivity contribution in [3.05, 3.63) is 59.4 Å². The number of amides is 1. The van der Waals surface area contributed by atoms with E-state index in [0.29, 0.717) is 11.9 Å². The smallest absolute Gasteiger partial charge is 0.434 e. The number of anilines is 1. The van der Waals surface area contributed by atoms with E-state index in [2.05, 4.69) is 27.2 Å². The first-order valence-corrected chi connectivity index (χ1v) is 8.21. The van der Waals surface area contributed by atoms with Crippen molar-refractivity contribution in [2.24, 2.45) is 0 Å².